The van der Waals surface area contributed by atoms with Crippen LogP contribution in [0.5, 0.6) is 0 Å². The van der Waals surface area contributed by atoms with Crippen molar-refractivity contribution in [2.75, 3.05) is 0 Å². The summed E-state index contributed by atoms with van der Waals surface area (Å²) < 4.78 is 0. The van der Waals surface area contributed by atoms with Gasteiger partial charge in [-0.25, -0.2) is 0 Å². The molecule has 0 aliphatic heterocycles. The molecule has 1 radical (unpaired) electrons. The Morgan fingerprint density at radius 2 is 1.00 bits per heavy atom. The van der Waals surface area contributed by atoms with Crippen molar-refractivity contribution in [2.24, 2.45) is 0 Å². The molecule has 0 nitrogen and oxygen atoms in total. The van der Waals surface area contributed by atoms with Crippen LogP contribution in [0.4, 0.5) is 0 Å². The Bertz CT molecular complexity index is 8.00. The SMILES string of the molecule is [AlH3].[Fe].[SiH3].[Zn]. The maximum Gasteiger partial charge on any atom is 0.187 e. The van der Waals surface area contributed by atoms with Gasteiger partial charge in [0.25, 0.3) is 0 Å². The first-order chi connectivity index (χ1) is 0. The topological polar surface area (TPSA) is 0 Å². The van der Waals surface area contributed by atoms with E-state index in [1.807, 2.05) is 0 Å². The summed E-state index contributed by atoms with van der Waals surface area (Å²) in [6.07, 6.45) is 0. The van der Waals surface area contributed by atoms with Gasteiger partial charge in [0.2, 0.25) is 0 Å². The fraction of sp³-hybridized carbons (Fsp3) is 0. The first kappa shape index (κ1) is 39.4. The molecule has 0 unspecified atom stereocenters. The molecular weight excluding hydrogens is 176 g/mol. The Morgan fingerprint density at radius 3 is 1.00 bits per heavy atom. The van der Waals surface area contributed by atoms with Crippen molar-refractivity contribution in [3.63, 3.8) is 0 Å². The molecule has 4 heteroatoms. The average molecular weight is 182 g/mol. The fourth-order valence-electron chi connectivity index (χ4n) is 0. The summed E-state index contributed by atoms with van der Waals surface area (Å²) >= 11 is 0. The van der Waals surface area contributed by atoms with Crippen LogP contribution in [-0.4, -0.2) is 28.3 Å². The zero-order valence-electron chi connectivity index (χ0n) is 2.06. The number of hydrogen-bond donors (Lipinski definition) is 0. The fourth-order valence-corrected chi connectivity index (χ4v) is 0. The summed E-state index contributed by atoms with van der Waals surface area (Å²) in [6.45, 7) is 0. The van der Waals surface area contributed by atoms with Gasteiger partial charge in [-0.2, -0.15) is 0 Å². The Kier molecular flexibility index (Phi) is 204. The van der Waals surface area contributed by atoms with E-state index in [0.29, 0.717) is 0 Å². The Balaban J connectivity index is 0. The molecule has 0 aromatic heterocycles. The molecule has 0 saturated carbocycles. The van der Waals surface area contributed by atoms with Crippen molar-refractivity contribution in [1.29, 1.82) is 0 Å². The second-order valence-electron chi connectivity index (χ2n) is 0. The van der Waals surface area contributed by atoms with Gasteiger partial charge in [-0.3, -0.25) is 0 Å². The van der Waals surface area contributed by atoms with Crippen LogP contribution in [0.1, 0.15) is 0 Å². The molecule has 0 rings (SSSR count). The van der Waals surface area contributed by atoms with E-state index in [2.05, 4.69) is 0 Å². The average Bonchev–Trinajstić information content (AvgIpc) is 0. The van der Waals surface area contributed by atoms with Crippen LogP contribution in [0.3, 0.4) is 0 Å². The van der Waals surface area contributed by atoms with E-state index in [1.54, 1.807) is 0 Å². The Morgan fingerprint density at radius 1 is 1.00 bits per heavy atom. The molecule has 4 heavy (non-hydrogen) atoms. The molecule has 0 aromatic rings. The van der Waals surface area contributed by atoms with E-state index in [1.165, 1.54) is 0 Å². The molecule has 0 aliphatic carbocycles. The van der Waals surface area contributed by atoms with Crippen LogP contribution < -0.4 is 0 Å². The van der Waals surface area contributed by atoms with Gasteiger partial charge in [0, 0.05) is 36.5 Å². The number of hydrogen-bond acceptors (Lipinski definition) is 0. The van der Waals surface area contributed by atoms with Crippen molar-refractivity contribution in [2.45, 2.75) is 0 Å². The quantitative estimate of drug-likeness (QED) is 0.367. The van der Waals surface area contributed by atoms with Crippen molar-refractivity contribution in [3.8, 4) is 0 Å². The molecule has 0 spiro atoms. The van der Waals surface area contributed by atoms with Gasteiger partial charge in [0.05, 0.1) is 0 Å². The first-order valence-electron chi connectivity index (χ1n) is 0. The van der Waals surface area contributed by atoms with Crippen LogP contribution in [0.25, 0.3) is 0 Å². The third-order valence-corrected chi connectivity index (χ3v) is 0. The molecule has 0 N–H and O–H groups in total. The maximum absolute atomic E-state index is 0. The predicted molar refractivity (Wildman–Crippen MR) is 19.9 cm³/mol. The monoisotopic (exact) mass is 181 g/mol. The molecule has 0 aromatic carbocycles. The second-order valence-corrected chi connectivity index (χ2v) is 0. The minimum atomic E-state index is 0. The minimum absolute atomic E-state index is 0. The van der Waals surface area contributed by atoms with Crippen LogP contribution in [0.2, 0.25) is 0 Å². The predicted octanol–water partition coefficient (Wildman–Crippen LogP) is -2.37. The molecule has 0 aliphatic rings. The second kappa shape index (κ2) is 20.7. The van der Waals surface area contributed by atoms with Gasteiger partial charge < -0.3 is 0 Å². The summed E-state index contributed by atoms with van der Waals surface area (Å²) in [5.74, 6) is 0. The zero-order valence-corrected chi connectivity index (χ0v) is 8.13. The van der Waals surface area contributed by atoms with Crippen molar-refractivity contribution in [1.82, 2.24) is 0 Å². The number of rotatable bonds is 0. The molecule has 0 bridgehead atoms. The van der Waals surface area contributed by atoms with Crippen molar-refractivity contribution < 1.29 is 36.5 Å². The summed E-state index contributed by atoms with van der Waals surface area (Å²) in [5, 5.41) is 0. The molecule has 0 saturated heterocycles. The van der Waals surface area contributed by atoms with E-state index >= 15 is 0 Å². The molecular formula is H6AlFeSiZn. The van der Waals surface area contributed by atoms with Crippen LogP contribution in [0, 0.1) is 0 Å². The largest absolute Gasteiger partial charge is 0.187 e. The van der Waals surface area contributed by atoms with Gasteiger partial charge in [-0.05, 0) is 11.0 Å². The first-order valence-corrected chi connectivity index (χ1v) is 0. The molecule has 0 atom stereocenters. The van der Waals surface area contributed by atoms with Crippen LogP contribution in [0.15, 0.2) is 0 Å². The van der Waals surface area contributed by atoms with Gasteiger partial charge in [0.15, 0.2) is 17.4 Å². The summed E-state index contributed by atoms with van der Waals surface area (Å²) in [6, 6.07) is 0. The Hall–Kier alpha value is 1.89. The molecule has 0 heterocycles. The van der Waals surface area contributed by atoms with E-state index in [9.17, 15) is 0 Å². The normalized spacial score (nSPS) is 0. The third kappa shape index (κ3) is 9.09. The minimum Gasteiger partial charge on any atom is -0.0125 e. The third-order valence-electron chi connectivity index (χ3n) is 0. The molecule has 0 fully saturated rings. The van der Waals surface area contributed by atoms with Crippen LogP contribution >= 0.6 is 0 Å². The van der Waals surface area contributed by atoms with E-state index in [-0.39, 0.29) is 64.9 Å². The van der Waals surface area contributed by atoms with Gasteiger partial charge in [-0.1, -0.05) is 0 Å². The zero-order chi connectivity index (χ0) is 0. The Labute approximate surface area is 64.5 Å². The standard InChI is InChI=1S/Al.Fe.H3Si.Zn.3H/h;;1H3;;;;. The summed E-state index contributed by atoms with van der Waals surface area (Å²) in [4.78, 5) is 0. The van der Waals surface area contributed by atoms with E-state index in [4.69, 9.17) is 0 Å². The molecule has 0 amide bonds. The van der Waals surface area contributed by atoms with Gasteiger partial charge in [0.1, 0.15) is 0 Å². The summed E-state index contributed by atoms with van der Waals surface area (Å²) in [5.41, 5.74) is 0. The van der Waals surface area contributed by atoms with Crippen LogP contribution in [-0.2, 0) is 36.5 Å². The van der Waals surface area contributed by atoms with Gasteiger partial charge >= 0.3 is 0 Å². The summed E-state index contributed by atoms with van der Waals surface area (Å²) in [7, 11) is 0. The van der Waals surface area contributed by atoms with Gasteiger partial charge in [-0.15, -0.1) is 0 Å². The van der Waals surface area contributed by atoms with E-state index in [0.717, 1.165) is 0 Å². The van der Waals surface area contributed by atoms with Crippen molar-refractivity contribution in [3.05, 3.63) is 0 Å². The molecule has 23 valence electrons. The smallest absolute Gasteiger partial charge is 0.0125 e. The maximum atomic E-state index is 0. The van der Waals surface area contributed by atoms with Crippen molar-refractivity contribution >= 4 is 28.3 Å². The van der Waals surface area contributed by atoms with E-state index < -0.39 is 0 Å².